The van der Waals surface area contributed by atoms with Gasteiger partial charge in [0, 0.05) is 16.3 Å². The van der Waals surface area contributed by atoms with Crippen molar-refractivity contribution in [3.05, 3.63) is 53.6 Å². The predicted octanol–water partition coefficient (Wildman–Crippen LogP) is 2.15. The molecule has 0 bridgehead atoms. The van der Waals surface area contributed by atoms with E-state index in [4.69, 9.17) is 11.6 Å². The van der Waals surface area contributed by atoms with Crippen LogP contribution in [0.25, 0.3) is 0 Å². The lowest BCUT2D eigenvalue weighted by molar-refractivity contribution is -0.124. The van der Waals surface area contributed by atoms with Crippen molar-refractivity contribution in [2.75, 3.05) is 5.32 Å². The number of carbonyl (C=O) groups is 2. The fraction of sp³-hybridized carbons (Fsp3) is 0.125. The van der Waals surface area contributed by atoms with Crippen molar-refractivity contribution in [2.45, 2.75) is 21.5 Å². The zero-order valence-corrected chi connectivity index (χ0v) is 15.6. The van der Waals surface area contributed by atoms with E-state index >= 15 is 0 Å². The normalized spacial score (nSPS) is 16.5. The molecule has 0 spiro atoms. The first kappa shape index (κ1) is 18.7. The van der Waals surface area contributed by atoms with Crippen LogP contribution in [-0.4, -0.2) is 25.5 Å². The Balaban J connectivity index is 1.59. The molecule has 7 nitrogen and oxygen atoms in total. The van der Waals surface area contributed by atoms with Gasteiger partial charge in [0.1, 0.15) is 0 Å². The molecule has 1 aliphatic rings. The highest BCUT2D eigenvalue weighted by molar-refractivity contribution is 8.01. The lowest BCUT2D eigenvalue weighted by Crippen LogP contribution is -2.43. The van der Waals surface area contributed by atoms with Crippen LogP contribution in [0.2, 0.25) is 5.02 Å². The molecule has 10 heteroatoms. The van der Waals surface area contributed by atoms with Gasteiger partial charge in [0.25, 0.3) is 10.0 Å². The third kappa shape index (κ3) is 4.36. The van der Waals surface area contributed by atoms with Crippen LogP contribution in [0.1, 0.15) is 6.42 Å². The molecular formula is C16H14ClN3O4S2. The van der Waals surface area contributed by atoms with Gasteiger partial charge in [0.15, 0.2) is 0 Å². The minimum Gasteiger partial charge on any atom is -0.324 e. The van der Waals surface area contributed by atoms with Crippen molar-refractivity contribution in [1.82, 2.24) is 10.3 Å². The molecule has 1 heterocycles. The number of halogens is 1. The number of anilines is 1. The second-order valence-corrected chi connectivity index (χ2v) is 8.77. The Morgan fingerprint density at radius 1 is 1.15 bits per heavy atom. The van der Waals surface area contributed by atoms with Crippen LogP contribution >= 0.6 is 23.4 Å². The van der Waals surface area contributed by atoms with E-state index in [-0.39, 0.29) is 17.2 Å². The van der Waals surface area contributed by atoms with Gasteiger partial charge in [-0.2, -0.15) is 0 Å². The molecule has 2 aromatic rings. The Morgan fingerprint density at radius 2 is 1.85 bits per heavy atom. The first-order chi connectivity index (χ1) is 12.3. The number of benzene rings is 2. The summed E-state index contributed by atoms with van der Waals surface area (Å²) >= 11 is 6.98. The monoisotopic (exact) mass is 411 g/mol. The average Bonchev–Trinajstić information content (AvgIpc) is 2.61. The van der Waals surface area contributed by atoms with E-state index in [1.54, 1.807) is 12.1 Å². The molecule has 2 amide bonds. The van der Waals surface area contributed by atoms with Gasteiger partial charge in [-0.3, -0.25) is 15.0 Å². The number of hydrogen-bond acceptors (Lipinski definition) is 5. The highest BCUT2D eigenvalue weighted by atomic mass is 35.5. The fourth-order valence-electron chi connectivity index (χ4n) is 2.24. The van der Waals surface area contributed by atoms with E-state index in [9.17, 15) is 18.0 Å². The van der Waals surface area contributed by atoms with Crippen LogP contribution in [-0.2, 0) is 19.6 Å². The number of carbonyl (C=O) groups excluding carboxylic acids is 2. The molecule has 3 rings (SSSR count). The first-order valence-corrected chi connectivity index (χ1v) is 10.2. The van der Waals surface area contributed by atoms with E-state index in [1.165, 1.54) is 36.0 Å². The minimum absolute atomic E-state index is 0.0408. The quantitative estimate of drug-likeness (QED) is 0.654. The Labute approximate surface area is 159 Å². The summed E-state index contributed by atoms with van der Waals surface area (Å²) < 4.78 is 24.2. The van der Waals surface area contributed by atoms with E-state index in [1.807, 2.05) is 17.0 Å². The lowest BCUT2D eigenvalue weighted by Gasteiger charge is -2.23. The minimum atomic E-state index is -3.92. The maximum atomic E-state index is 12.1. The third-order valence-corrected chi connectivity index (χ3v) is 6.32. The molecule has 0 saturated carbocycles. The number of para-hydroxylation sites is 1. The van der Waals surface area contributed by atoms with Crippen LogP contribution in [0, 0.1) is 0 Å². The zero-order chi connectivity index (χ0) is 18.7. The second kappa shape index (κ2) is 7.67. The summed E-state index contributed by atoms with van der Waals surface area (Å²) in [6, 6.07) is 12.7. The molecule has 26 heavy (non-hydrogen) atoms. The van der Waals surface area contributed by atoms with Gasteiger partial charge in [-0.15, -0.1) is 16.6 Å². The topological polar surface area (TPSA) is 104 Å². The summed E-state index contributed by atoms with van der Waals surface area (Å²) in [6.45, 7) is 0. The Morgan fingerprint density at radius 3 is 2.58 bits per heavy atom. The summed E-state index contributed by atoms with van der Waals surface area (Å²) in [5, 5.41) is 2.48. The van der Waals surface area contributed by atoms with Crippen molar-refractivity contribution in [1.29, 1.82) is 0 Å². The molecule has 1 aliphatic heterocycles. The Kier molecular flexibility index (Phi) is 5.52. The molecule has 0 saturated heterocycles. The van der Waals surface area contributed by atoms with E-state index in [0.29, 0.717) is 10.7 Å². The van der Waals surface area contributed by atoms with Gasteiger partial charge in [-0.25, -0.2) is 8.42 Å². The van der Waals surface area contributed by atoms with Crippen LogP contribution in [0.4, 0.5) is 5.69 Å². The number of hydrazine groups is 1. The molecule has 0 radical (unpaired) electrons. The van der Waals surface area contributed by atoms with Gasteiger partial charge in [-0.1, -0.05) is 23.7 Å². The van der Waals surface area contributed by atoms with Crippen molar-refractivity contribution in [3.8, 4) is 0 Å². The van der Waals surface area contributed by atoms with Crippen LogP contribution in [0.15, 0.2) is 58.3 Å². The number of thioether (sulfide) groups is 1. The zero-order valence-electron chi connectivity index (χ0n) is 13.2. The molecule has 2 aromatic carbocycles. The van der Waals surface area contributed by atoms with Crippen molar-refractivity contribution in [2.24, 2.45) is 0 Å². The lowest BCUT2D eigenvalue weighted by atomic mass is 10.2. The van der Waals surface area contributed by atoms with Gasteiger partial charge in [0.05, 0.1) is 15.8 Å². The number of amides is 2. The van der Waals surface area contributed by atoms with Crippen LogP contribution in [0.5, 0.6) is 0 Å². The highest BCUT2D eigenvalue weighted by Gasteiger charge is 2.29. The molecule has 0 aromatic heterocycles. The van der Waals surface area contributed by atoms with Crippen molar-refractivity contribution >= 4 is 50.9 Å². The van der Waals surface area contributed by atoms with Crippen molar-refractivity contribution in [3.63, 3.8) is 0 Å². The molecule has 1 atom stereocenters. The molecule has 0 fully saturated rings. The fourth-order valence-corrected chi connectivity index (χ4v) is 4.34. The molecular weight excluding hydrogens is 398 g/mol. The van der Waals surface area contributed by atoms with Gasteiger partial charge < -0.3 is 5.32 Å². The number of hydrogen-bond donors (Lipinski definition) is 3. The van der Waals surface area contributed by atoms with E-state index in [2.05, 4.69) is 10.7 Å². The molecule has 0 aliphatic carbocycles. The third-order valence-electron chi connectivity index (χ3n) is 3.53. The number of rotatable bonds is 5. The standard InChI is InChI=1S/C16H14ClN3O4S2/c17-10-5-7-11(8-6-10)26(23,24)20-19-15(21)9-14-16(22)18-12-3-1-2-4-13(12)25-14/h1-8,14,20H,9H2,(H,18,22)(H,19,21). The smallest absolute Gasteiger partial charge is 0.257 e. The summed E-state index contributed by atoms with van der Waals surface area (Å²) in [5.74, 6) is -0.918. The van der Waals surface area contributed by atoms with Crippen LogP contribution in [0.3, 0.4) is 0 Å². The molecule has 1 unspecified atom stereocenters. The van der Waals surface area contributed by atoms with E-state index in [0.717, 1.165) is 4.90 Å². The van der Waals surface area contributed by atoms with E-state index < -0.39 is 21.2 Å². The van der Waals surface area contributed by atoms with Gasteiger partial charge in [0.2, 0.25) is 11.8 Å². The number of nitrogens with one attached hydrogen (secondary N) is 3. The second-order valence-electron chi connectivity index (χ2n) is 5.40. The SMILES string of the molecule is O=C(CC1Sc2ccccc2NC1=O)NNS(=O)(=O)c1ccc(Cl)cc1. The maximum Gasteiger partial charge on any atom is 0.257 e. The molecule has 136 valence electrons. The Bertz CT molecular complexity index is 948. The number of fused-ring (bicyclic) bond motifs is 1. The maximum absolute atomic E-state index is 12.1. The van der Waals surface area contributed by atoms with Gasteiger partial charge >= 0.3 is 0 Å². The summed E-state index contributed by atoms with van der Waals surface area (Å²) in [5.41, 5.74) is 2.82. The summed E-state index contributed by atoms with van der Waals surface area (Å²) in [7, 11) is -3.92. The van der Waals surface area contributed by atoms with Gasteiger partial charge in [-0.05, 0) is 36.4 Å². The number of sulfonamides is 1. The van der Waals surface area contributed by atoms with Crippen molar-refractivity contribution < 1.29 is 18.0 Å². The largest absolute Gasteiger partial charge is 0.324 e. The average molecular weight is 412 g/mol. The van der Waals surface area contributed by atoms with Crippen LogP contribution < -0.4 is 15.6 Å². The first-order valence-electron chi connectivity index (χ1n) is 7.48. The summed E-state index contributed by atoms with van der Waals surface area (Å²) in [6.07, 6.45) is -0.173. The highest BCUT2D eigenvalue weighted by Crippen LogP contribution is 2.36. The Hall–Kier alpha value is -2.07. The summed E-state index contributed by atoms with van der Waals surface area (Å²) in [4.78, 5) is 27.0. The predicted molar refractivity (Wildman–Crippen MR) is 99.2 cm³/mol. The molecule has 3 N–H and O–H groups in total.